The average Bonchev–Trinajstić information content (AvgIpc) is 3.16. The van der Waals surface area contributed by atoms with Crippen molar-refractivity contribution in [3.8, 4) is 0 Å². The third-order valence-corrected chi connectivity index (χ3v) is 5.12. The largest absolute Gasteiger partial charge is 0.465 e. The molecule has 0 spiro atoms. The van der Waals surface area contributed by atoms with E-state index in [1.807, 2.05) is 0 Å². The Morgan fingerprint density at radius 3 is 2.85 bits per heavy atom. The molecule has 2 fully saturated rings. The van der Waals surface area contributed by atoms with Gasteiger partial charge in [-0.3, -0.25) is 4.90 Å². The van der Waals surface area contributed by atoms with Crippen molar-refractivity contribution in [3.63, 3.8) is 0 Å². The second-order valence-corrected chi connectivity index (χ2v) is 6.12. The maximum absolute atomic E-state index is 11.8. The molecule has 3 rings (SSSR count). The Morgan fingerprint density at radius 2 is 2.15 bits per heavy atom. The molecule has 110 valence electrons. The lowest BCUT2D eigenvalue weighted by Gasteiger charge is -2.24. The molecule has 0 radical (unpaired) electrons. The van der Waals surface area contributed by atoms with E-state index in [0.29, 0.717) is 11.6 Å². The van der Waals surface area contributed by atoms with Gasteiger partial charge in [0.15, 0.2) is 5.82 Å². The first-order valence-electron chi connectivity index (χ1n) is 7.03. The Kier molecular flexibility index (Phi) is 3.80. The molecule has 1 atom stereocenters. The van der Waals surface area contributed by atoms with Gasteiger partial charge in [-0.05, 0) is 43.9 Å². The molecule has 6 nitrogen and oxygen atoms in total. The van der Waals surface area contributed by atoms with Crippen molar-refractivity contribution in [2.45, 2.75) is 25.3 Å². The van der Waals surface area contributed by atoms with Crippen molar-refractivity contribution >= 4 is 28.3 Å². The van der Waals surface area contributed by atoms with Crippen LogP contribution in [0.5, 0.6) is 0 Å². The van der Waals surface area contributed by atoms with E-state index in [-0.39, 0.29) is 5.82 Å². The van der Waals surface area contributed by atoms with Crippen molar-refractivity contribution in [3.05, 3.63) is 5.56 Å². The third-order valence-electron chi connectivity index (χ3n) is 4.20. The monoisotopic (exact) mass is 296 g/mol. The molecule has 0 aliphatic carbocycles. The number of anilines is 2. The van der Waals surface area contributed by atoms with E-state index < -0.39 is 5.97 Å². The molecular weight excluding hydrogens is 276 g/mol. The fraction of sp³-hybridized carbons (Fsp3) is 0.692. The molecule has 2 aliphatic rings. The summed E-state index contributed by atoms with van der Waals surface area (Å²) >= 11 is 1.29. The number of hydrogen-bond acceptors (Lipinski definition) is 7. The number of nitrogens with zero attached hydrogens (tertiary/aromatic N) is 3. The molecule has 20 heavy (non-hydrogen) atoms. The van der Waals surface area contributed by atoms with Gasteiger partial charge in [0.05, 0.1) is 7.11 Å². The zero-order chi connectivity index (χ0) is 14.1. The molecular formula is C13H20N4O2S. The van der Waals surface area contributed by atoms with Crippen LogP contribution in [0.4, 0.5) is 10.8 Å². The van der Waals surface area contributed by atoms with Crippen LogP contribution in [0.1, 0.15) is 29.6 Å². The lowest BCUT2D eigenvalue weighted by atomic mass is 10.2. The van der Waals surface area contributed by atoms with Gasteiger partial charge in [0.25, 0.3) is 0 Å². The van der Waals surface area contributed by atoms with Crippen LogP contribution in [-0.2, 0) is 4.74 Å². The number of hydrogen-bond donors (Lipinski definition) is 1. The van der Waals surface area contributed by atoms with E-state index in [0.717, 1.165) is 24.5 Å². The summed E-state index contributed by atoms with van der Waals surface area (Å²) in [6.07, 6.45) is 3.74. The van der Waals surface area contributed by atoms with Gasteiger partial charge in [0.1, 0.15) is 10.6 Å². The maximum Gasteiger partial charge on any atom is 0.344 e. The van der Waals surface area contributed by atoms with Crippen molar-refractivity contribution < 1.29 is 9.53 Å². The van der Waals surface area contributed by atoms with Gasteiger partial charge in [-0.25, -0.2) is 4.79 Å². The number of carbonyl (C=O) groups excluding carboxylic acids is 1. The molecule has 2 aliphatic heterocycles. The molecule has 0 bridgehead atoms. The number of likely N-dealkylation sites (tertiary alicyclic amines) is 1. The van der Waals surface area contributed by atoms with Crippen LogP contribution in [0.25, 0.3) is 0 Å². The van der Waals surface area contributed by atoms with Crippen LogP contribution in [0.2, 0.25) is 0 Å². The topological polar surface area (TPSA) is 71.7 Å². The number of nitrogen functional groups attached to an aromatic ring is 1. The zero-order valence-corrected chi connectivity index (χ0v) is 12.5. The maximum atomic E-state index is 11.8. The molecule has 1 aromatic heterocycles. The lowest BCUT2D eigenvalue weighted by Crippen LogP contribution is -2.35. The predicted molar refractivity (Wildman–Crippen MR) is 79.3 cm³/mol. The van der Waals surface area contributed by atoms with Crippen LogP contribution >= 0.6 is 11.5 Å². The van der Waals surface area contributed by atoms with E-state index in [1.165, 1.54) is 44.6 Å². The van der Waals surface area contributed by atoms with Crippen molar-refractivity contribution in [2.75, 3.05) is 43.9 Å². The summed E-state index contributed by atoms with van der Waals surface area (Å²) < 4.78 is 8.93. The zero-order valence-electron chi connectivity index (χ0n) is 11.7. The van der Waals surface area contributed by atoms with E-state index in [4.69, 9.17) is 10.5 Å². The van der Waals surface area contributed by atoms with Crippen LogP contribution in [0.15, 0.2) is 0 Å². The minimum absolute atomic E-state index is 0.279. The highest BCUT2D eigenvalue weighted by molar-refractivity contribution is 7.11. The smallest absolute Gasteiger partial charge is 0.344 e. The summed E-state index contributed by atoms with van der Waals surface area (Å²) in [6, 6.07) is 0.589. The highest BCUT2D eigenvalue weighted by Gasteiger charge is 2.33. The second-order valence-electron chi connectivity index (χ2n) is 5.37. The normalized spacial score (nSPS) is 23.4. The first-order valence-corrected chi connectivity index (χ1v) is 7.80. The number of nitrogens with two attached hydrogens (primary N) is 1. The minimum atomic E-state index is -0.393. The summed E-state index contributed by atoms with van der Waals surface area (Å²) in [6.45, 7) is 4.30. The summed E-state index contributed by atoms with van der Waals surface area (Å²) in [5, 5.41) is 0.857. The van der Waals surface area contributed by atoms with Gasteiger partial charge < -0.3 is 15.4 Å². The molecule has 1 unspecified atom stereocenters. The number of methoxy groups -OCH3 is 1. The average molecular weight is 296 g/mol. The Labute approximate surface area is 122 Å². The van der Waals surface area contributed by atoms with E-state index in [9.17, 15) is 4.79 Å². The number of esters is 1. The Hall–Kier alpha value is -1.34. The Balaban J connectivity index is 1.76. The quantitative estimate of drug-likeness (QED) is 0.845. The Bertz CT molecular complexity index is 499. The molecule has 2 N–H and O–H groups in total. The van der Waals surface area contributed by atoms with Gasteiger partial charge in [-0.1, -0.05) is 0 Å². The predicted octanol–water partition coefficient (Wildman–Crippen LogP) is 1.19. The van der Waals surface area contributed by atoms with E-state index >= 15 is 0 Å². The summed E-state index contributed by atoms with van der Waals surface area (Å²) in [4.78, 5) is 16.6. The highest BCUT2D eigenvalue weighted by Crippen LogP contribution is 2.34. The van der Waals surface area contributed by atoms with E-state index in [2.05, 4.69) is 14.2 Å². The fourth-order valence-corrected chi connectivity index (χ4v) is 3.97. The van der Waals surface area contributed by atoms with Crippen molar-refractivity contribution in [1.29, 1.82) is 0 Å². The lowest BCUT2D eigenvalue weighted by molar-refractivity contribution is 0.0603. The fourth-order valence-electron chi connectivity index (χ4n) is 3.13. The molecule has 3 heterocycles. The van der Waals surface area contributed by atoms with Crippen LogP contribution in [0, 0.1) is 0 Å². The molecule has 1 aromatic rings. The summed E-state index contributed by atoms with van der Waals surface area (Å²) in [7, 11) is 1.38. The van der Waals surface area contributed by atoms with Crippen LogP contribution < -0.4 is 10.6 Å². The summed E-state index contributed by atoms with van der Waals surface area (Å²) in [5.74, 6) is -0.114. The molecule has 0 amide bonds. The standard InChI is InChI=1S/C13H20N4O2S/c1-19-13(18)10-11(14)15-20-12(10)17-7-4-9(8-17)16-5-2-3-6-16/h9H,2-8H2,1H3,(H2,14,15). The van der Waals surface area contributed by atoms with E-state index in [1.54, 1.807) is 0 Å². The SMILES string of the molecule is COC(=O)c1c(N)nsc1N1CCC(N2CCCC2)C1. The van der Waals surface area contributed by atoms with Gasteiger partial charge >= 0.3 is 5.97 Å². The van der Waals surface area contributed by atoms with Crippen molar-refractivity contribution in [2.24, 2.45) is 0 Å². The highest BCUT2D eigenvalue weighted by atomic mass is 32.1. The van der Waals surface area contributed by atoms with Crippen LogP contribution in [-0.4, -0.2) is 54.6 Å². The first kappa shape index (κ1) is 13.6. The van der Waals surface area contributed by atoms with Gasteiger partial charge in [0, 0.05) is 19.1 Å². The molecule has 0 saturated carbocycles. The molecule has 7 heteroatoms. The van der Waals surface area contributed by atoms with Gasteiger partial charge in [0.2, 0.25) is 0 Å². The third kappa shape index (κ3) is 2.35. The first-order chi connectivity index (χ1) is 9.70. The number of ether oxygens (including phenoxy) is 1. The second kappa shape index (κ2) is 5.57. The van der Waals surface area contributed by atoms with Gasteiger partial charge in [-0.15, -0.1) is 0 Å². The number of rotatable bonds is 3. The van der Waals surface area contributed by atoms with Crippen molar-refractivity contribution in [1.82, 2.24) is 9.27 Å². The molecule has 2 saturated heterocycles. The summed E-state index contributed by atoms with van der Waals surface area (Å²) in [5.41, 5.74) is 6.23. The minimum Gasteiger partial charge on any atom is -0.465 e. The number of carbonyl (C=O) groups is 1. The molecule has 0 aromatic carbocycles. The van der Waals surface area contributed by atoms with Crippen LogP contribution in [0.3, 0.4) is 0 Å². The number of aromatic nitrogens is 1. The van der Waals surface area contributed by atoms with Gasteiger partial charge in [-0.2, -0.15) is 4.37 Å². The Morgan fingerprint density at radius 1 is 1.40 bits per heavy atom.